The number of hydrogen-bond acceptors (Lipinski definition) is 1. The molecule has 21 heavy (non-hydrogen) atoms. The Labute approximate surface area is 128 Å². The Morgan fingerprint density at radius 2 is 1.95 bits per heavy atom. The van der Waals surface area contributed by atoms with Gasteiger partial charge in [0.05, 0.1) is 0 Å². The van der Waals surface area contributed by atoms with Gasteiger partial charge < -0.3 is 5.32 Å². The molecule has 0 radical (unpaired) electrons. The second kappa shape index (κ2) is 7.53. The van der Waals surface area contributed by atoms with Crippen molar-refractivity contribution >= 4 is 11.6 Å². The molecule has 2 rings (SSSR count). The normalized spacial score (nSPS) is 12.4. The molecule has 0 saturated carbocycles. The van der Waals surface area contributed by atoms with Crippen molar-refractivity contribution < 1.29 is 8.78 Å². The van der Waals surface area contributed by atoms with Crippen molar-refractivity contribution in [1.29, 1.82) is 0 Å². The summed E-state index contributed by atoms with van der Waals surface area (Å²) in [4.78, 5) is 0. The predicted molar refractivity (Wildman–Crippen MR) is 82.8 cm³/mol. The first-order valence-corrected chi connectivity index (χ1v) is 7.38. The average Bonchev–Trinajstić information content (AvgIpc) is 2.47. The summed E-state index contributed by atoms with van der Waals surface area (Å²) in [7, 11) is 0. The van der Waals surface area contributed by atoms with E-state index in [1.54, 1.807) is 6.07 Å². The Morgan fingerprint density at radius 1 is 1.14 bits per heavy atom. The van der Waals surface area contributed by atoms with E-state index in [2.05, 4.69) is 5.32 Å². The van der Waals surface area contributed by atoms with Crippen LogP contribution in [0.25, 0.3) is 0 Å². The summed E-state index contributed by atoms with van der Waals surface area (Å²) in [6, 6.07) is 11.1. The van der Waals surface area contributed by atoms with Crippen molar-refractivity contribution in [2.24, 2.45) is 0 Å². The van der Waals surface area contributed by atoms with Gasteiger partial charge in [-0.25, -0.2) is 8.78 Å². The van der Waals surface area contributed by atoms with Crippen molar-refractivity contribution in [1.82, 2.24) is 5.32 Å². The molecule has 2 aromatic rings. The zero-order valence-electron chi connectivity index (χ0n) is 11.9. The van der Waals surface area contributed by atoms with E-state index in [1.807, 2.05) is 25.1 Å². The molecule has 0 aliphatic rings. The maximum Gasteiger partial charge on any atom is 0.126 e. The van der Waals surface area contributed by atoms with Crippen molar-refractivity contribution in [3.8, 4) is 0 Å². The Bertz CT molecular complexity index is 601. The Hall–Kier alpha value is -1.45. The maximum absolute atomic E-state index is 13.8. The second-order valence-corrected chi connectivity index (χ2v) is 5.44. The summed E-state index contributed by atoms with van der Waals surface area (Å²) < 4.78 is 27.1. The minimum Gasteiger partial charge on any atom is -0.316 e. The smallest absolute Gasteiger partial charge is 0.126 e. The van der Waals surface area contributed by atoms with Crippen molar-refractivity contribution in [2.75, 3.05) is 13.1 Å². The van der Waals surface area contributed by atoms with Crippen LogP contribution in [0, 0.1) is 11.6 Å². The number of rotatable bonds is 6. The van der Waals surface area contributed by atoms with Gasteiger partial charge in [0.15, 0.2) is 0 Å². The molecule has 112 valence electrons. The summed E-state index contributed by atoms with van der Waals surface area (Å²) in [6.07, 6.45) is 0.428. The lowest BCUT2D eigenvalue weighted by Gasteiger charge is -2.18. The van der Waals surface area contributed by atoms with Crippen LogP contribution in [0.4, 0.5) is 8.78 Å². The van der Waals surface area contributed by atoms with Gasteiger partial charge in [-0.2, -0.15) is 0 Å². The summed E-state index contributed by atoms with van der Waals surface area (Å²) in [5.41, 5.74) is 1.41. The van der Waals surface area contributed by atoms with Crippen LogP contribution in [0.1, 0.15) is 24.0 Å². The van der Waals surface area contributed by atoms with Gasteiger partial charge in [0.1, 0.15) is 11.6 Å². The van der Waals surface area contributed by atoms with Gasteiger partial charge in [0.25, 0.3) is 0 Å². The van der Waals surface area contributed by atoms with Gasteiger partial charge in [-0.1, -0.05) is 30.7 Å². The van der Waals surface area contributed by atoms with E-state index in [9.17, 15) is 8.78 Å². The molecular formula is C17H18ClF2N. The number of halogens is 3. The zero-order valence-corrected chi connectivity index (χ0v) is 12.6. The van der Waals surface area contributed by atoms with Gasteiger partial charge in [-0.05, 0) is 54.4 Å². The van der Waals surface area contributed by atoms with Crippen LogP contribution < -0.4 is 5.32 Å². The van der Waals surface area contributed by atoms with Gasteiger partial charge >= 0.3 is 0 Å². The molecule has 0 aliphatic carbocycles. The van der Waals surface area contributed by atoms with E-state index < -0.39 is 5.82 Å². The minimum absolute atomic E-state index is 0.0416. The molecule has 0 heterocycles. The van der Waals surface area contributed by atoms with Crippen LogP contribution in [0.15, 0.2) is 42.5 Å². The van der Waals surface area contributed by atoms with Crippen LogP contribution >= 0.6 is 11.6 Å². The Balaban J connectivity index is 2.25. The number of benzene rings is 2. The van der Waals surface area contributed by atoms with E-state index in [1.165, 1.54) is 12.1 Å². The van der Waals surface area contributed by atoms with Crippen molar-refractivity contribution in [3.63, 3.8) is 0 Å². The van der Waals surface area contributed by atoms with E-state index in [-0.39, 0.29) is 11.7 Å². The molecule has 0 fully saturated rings. The minimum atomic E-state index is -0.417. The SMILES string of the molecule is CCNCC(Cc1cc(F)ccc1F)c1cccc(Cl)c1. The monoisotopic (exact) mass is 309 g/mol. The van der Waals surface area contributed by atoms with E-state index in [0.29, 0.717) is 23.6 Å². The first kappa shape index (κ1) is 15.9. The molecule has 1 unspecified atom stereocenters. The molecule has 1 nitrogen and oxygen atoms in total. The molecule has 0 saturated heterocycles. The lowest BCUT2D eigenvalue weighted by Crippen LogP contribution is -2.23. The topological polar surface area (TPSA) is 12.0 Å². The third kappa shape index (κ3) is 4.51. The highest BCUT2D eigenvalue weighted by Crippen LogP contribution is 2.24. The summed E-state index contributed by atoms with van der Waals surface area (Å²) in [6.45, 7) is 3.52. The highest BCUT2D eigenvalue weighted by molar-refractivity contribution is 6.30. The Morgan fingerprint density at radius 3 is 2.67 bits per heavy atom. The highest BCUT2D eigenvalue weighted by Gasteiger charge is 2.15. The fraction of sp³-hybridized carbons (Fsp3) is 0.294. The van der Waals surface area contributed by atoms with Crippen LogP contribution in [-0.4, -0.2) is 13.1 Å². The van der Waals surface area contributed by atoms with E-state index >= 15 is 0 Å². The molecule has 2 aromatic carbocycles. The second-order valence-electron chi connectivity index (χ2n) is 5.00. The van der Waals surface area contributed by atoms with Crippen LogP contribution in [0.2, 0.25) is 5.02 Å². The lowest BCUT2D eigenvalue weighted by molar-refractivity contribution is 0.551. The Kier molecular flexibility index (Phi) is 5.71. The lowest BCUT2D eigenvalue weighted by atomic mass is 9.91. The molecule has 1 N–H and O–H groups in total. The zero-order chi connectivity index (χ0) is 15.2. The molecule has 0 aliphatic heterocycles. The van der Waals surface area contributed by atoms with E-state index in [4.69, 9.17) is 11.6 Å². The summed E-state index contributed by atoms with van der Waals surface area (Å²) in [5.74, 6) is -0.750. The molecule has 0 amide bonds. The average molecular weight is 310 g/mol. The van der Waals surface area contributed by atoms with Crippen LogP contribution in [0.3, 0.4) is 0 Å². The van der Waals surface area contributed by atoms with Gasteiger partial charge in [-0.3, -0.25) is 0 Å². The van der Waals surface area contributed by atoms with Crippen molar-refractivity contribution in [3.05, 3.63) is 70.2 Å². The maximum atomic E-state index is 13.8. The summed E-state index contributed by atoms with van der Waals surface area (Å²) >= 11 is 6.03. The van der Waals surface area contributed by atoms with Gasteiger partial charge in [-0.15, -0.1) is 0 Å². The number of nitrogens with one attached hydrogen (secondary N) is 1. The third-order valence-electron chi connectivity index (χ3n) is 3.43. The number of hydrogen-bond donors (Lipinski definition) is 1. The highest BCUT2D eigenvalue weighted by atomic mass is 35.5. The van der Waals surface area contributed by atoms with E-state index in [0.717, 1.165) is 18.2 Å². The molecule has 0 spiro atoms. The third-order valence-corrected chi connectivity index (χ3v) is 3.67. The fourth-order valence-corrected chi connectivity index (χ4v) is 2.55. The van der Waals surface area contributed by atoms with Crippen molar-refractivity contribution in [2.45, 2.75) is 19.3 Å². The molecule has 1 atom stereocenters. The molecule has 0 aromatic heterocycles. The van der Waals surface area contributed by atoms with Gasteiger partial charge in [0, 0.05) is 17.5 Å². The quantitative estimate of drug-likeness (QED) is 0.825. The molecular weight excluding hydrogens is 292 g/mol. The van der Waals surface area contributed by atoms with Crippen LogP contribution in [-0.2, 0) is 6.42 Å². The first-order chi connectivity index (χ1) is 10.1. The largest absolute Gasteiger partial charge is 0.316 e. The first-order valence-electron chi connectivity index (χ1n) is 7.00. The van der Waals surface area contributed by atoms with Crippen LogP contribution in [0.5, 0.6) is 0 Å². The number of likely N-dealkylation sites (N-methyl/N-ethyl adjacent to an activating group) is 1. The van der Waals surface area contributed by atoms with Gasteiger partial charge in [0.2, 0.25) is 0 Å². The standard InChI is InChI=1S/C17H18ClF2N/c1-2-21-11-14(12-4-3-5-15(18)9-12)8-13-10-16(19)6-7-17(13)20/h3-7,9-10,14,21H,2,8,11H2,1H3. The predicted octanol–water partition coefficient (Wildman–Crippen LogP) is 4.55. The fourth-order valence-electron chi connectivity index (χ4n) is 2.35. The molecule has 0 bridgehead atoms. The molecule has 4 heteroatoms. The summed E-state index contributed by atoms with van der Waals surface area (Å²) in [5, 5.41) is 3.91.